The number of carboxylic acids is 1. The second kappa shape index (κ2) is 6.59. The van der Waals surface area contributed by atoms with Crippen LogP contribution in [0, 0.1) is 11.8 Å². The molecular weight excluding hydrogens is 259 g/mol. The molecule has 1 N–H and O–H groups in total. The van der Waals surface area contributed by atoms with Gasteiger partial charge >= 0.3 is 12.1 Å². The van der Waals surface area contributed by atoms with Crippen molar-refractivity contribution >= 4 is 5.97 Å². The Kier molecular flexibility index (Phi) is 5.64. The Morgan fingerprint density at radius 3 is 2.47 bits per heavy atom. The summed E-state index contributed by atoms with van der Waals surface area (Å²) in [4.78, 5) is 11.8. The number of carbonyl (C=O) groups is 1. The van der Waals surface area contributed by atoms with E-state index >= 15 is 0 Å². The van der Waals surface area contributed by atoms with Gasteiger partial charge < -0.3 is 5.11 Å². The van der Waals surface area contributed by atoms with Gasteiger partial charge in [0.05, 0.1) is 13.1 Å². The summed E-state index contributed by atoms with van der Waals surface area (Å²) in [6.07, 6.45) is -1.11. The smallest absolute Gasteiger partial charge is 0.401 e. The van der Waals surface area contributed by atoms with Crippen LogP contribution in [0.4, 0.5) is 13.2 Å². The Morgan fingerprint density at radius 1 is 1.37 bits per heavy atom. The fourth-order valence-electron chi connectivity index (χ4n) is 2.86. The molecule has 0 amide bonds. The first-order valence-electron chi connectivity index (χ1n) is 6.71. The average Bonchev–Trinajstić information content (AvgIpc) is 2.25. The minimum atomic E-state index is -4.35. The van der Waals surface area contributed by atoms with E-state index in [-0.39, 0.29) is 6.04 Å². The van der Waals surface area contributed by atoms with Crippen molar-refractivity contribution in [3.63, 3.8) is 0 Å². The lowest BCUT2D eigenvalue weighted by Gasteiger charge is -2.38. The number of halogens is 3. The number of carboxylic acid groups (broad SMARTS) is 1. The molecule has 2 unspecified atom stereocenters. The molecule has 1 aliphatic carbocycles. The molecule has 0 aliphatic heterocycles. The number of aliphatic carboxylic acids is 1. The van der Waals surface area contributed by atoms with Crippen LogP contribution >= 0.6 is 0 Å². The van der Waals surface area contributed by atoms with Gasteiger partial charge in [-0.25, -0.2) is 0 Å². The van der Waals surface area contributed by atoms with Crippen LogP contribution in [0.15, 0.2) is 0 Å². The molecule has 19 heavy (non-hydrogen) atoms. The predicted molar refractivity (Wildman–Crippen MR) is 65.8 cm³/mol. The zero-order chi connectivity index (χ0) is 14.6. The first-order valence-corrected chi connectivity index (χ1v) is 6.71. The van der Waals surface area contributed by atoms with Crippen molar-refractivity contribution in [3.8, 4) is 0 Å². The summed E-state index contributed by atoms with van der Waals surface area (Å²) < 4.78 is 37.6. The third-order valence-electron chi connectivity index (χ3n) is 3.87. The van der Waals surface area contributed by atoms with Crippen molar-refractivity contribution in [2.75, 3.05) is 13.1 Å². The highest BCUT2D eigenvalue weighted by Gasteiger charge is 2.37. The molecule has 0 saturated heterocycles. The molecule has 1 fully saturated rings. The number of rotatable bonds is 5. The van der Waals surface area contributed by atoms with Crippen molar-refractivity contribution in [3.05, 3.63) is 0 Å². The zero-order valence-corrected chi connectivity index (χ0v) is 11.4. The first-order chi connectivity index (χ1) is 8.69. The van der Waals surface area contributed by atoms with Gasteiger partial charge in [0.1, 0.15) is 0 Å². The molecule has 0 bridgehead atoms. The van der Waals surface area contributed by atoms with Crippen LogP contribution in [0.1, 0.15) is 39.5 Å². The summed E-state index contributed by atoms with van der Waals surface area (Å²) in [5.41, 5.74) is 0. The van der Waals surface area contributed by atoms with E-state index in [1.165, 1.54) is 0 Å². The second-order valence-corrected chi connectivity index (χ2v) is 5.74. The molecule has 0 radical (unpaired) electrons. The van der Waals surface area contributed by atoms with Crippen molar-refractivity contribution in [2.45, 2.75) is 51.7 Å². The first kappa shape index (κ1) is 16.3. The van der Waals surface area contributed by atoms with Crippen LogP contribution < -0.4 is 0 Å². The van der Waals surface area contributed by atoms with Gasteiger partial charge in [-0.1, -0.05) is 26.7 Å². The van der Waals surface area contributed by atoms with E-state index < -0.39 is 25.2 Å². The zero-order valence-electron chi connectivity index (χ0n) is 11.4. The summed E-state index contributed by atoms with van der Waals surface area (Å²) >= 11 is 0. The Morgan fingerprint density at radius 2 is 2.00 bits per heavy atom. The van der Waals surface area contributed by atoms with Crippen molar-refractivity contribution in [1.82, 2.24) is 4.90 Å². The fourth-order valence-corrected chi connectivity index (χ4v) is 2.86. The van der Waals surface area contributed by atoms with Gasteiger partial charge in [-0.05, 0) is 24.7 Å². The third-order valence-corrected chi connectivity index (χ3v) is 3.87. The molecule has 0 spiro atoms. The van der Waals surface area contributed by atoms with Crippen LogP contribution in [-0.2, 0) is 4.79 Å². The lowest BCUT2D eigenvalue weighted by molar-refractivity contribution is -0.160. The Bertz CT molecular complexity index is 305. The van der Waals surface area contributed by atoms with Crippen LogP contribution in [0.25, 0.3) is 0 Å². The van der Waals surface area contributed by atoms with E-state index in [1.54, 1.807) is 0 Å². The number of hydrogen-bond donors (Lipinski definition) is 1. The van der Waals surface area contributed by atoms with E-state index in [4.69, 9.17) is 5.11 Å². The van der Waals surface area contributed by atoms with Crippen molar-refractivity contribution < 1.29 is 23.1 Å². The molecule has 0 aromatic heterocycles. The molecule has 0 aromatic rings. The summed E-state index contributed by atoms with van der Waals surface area (Å²) in [6, 6.07) is -0.265. The molecule has 112 valence electrons. The van der Waals surface area contributed by atoms with Gasteiger partial charge in [0.15, 0.2) is 0 Å². The lowest BCUT2D eigenvalue weighted by Crippen LogP contribution is -2.46. The molecule has 6 heteroatoms. The van der Waals surface area contributed by atoms with Crippen LogP contribution in [-0.4, -0.2) is 41.3 Å². The topological polar surface area (TPSA) is 40.5 Å². The Hall–Kier alpha value is -0.780. The molecule has 0 heterocycles. The van der Waals surface area contributed by atoms with Crippen LogP contribution in [0.3, 0.4) is 0 Å². The maximum absolute atomic E-state index is 12.5. The molecule has 0 aromatic carbocycles. The monoisotopic (exact) mass is 281 g/mol. The highest BCUT2D eigenvalue weighted by molar-refractivity contribution is 5.69. The Balaban J connectivity index is 2.70. The predicted octanol–water partition coefficient (Wildman–Crippen LogP) is 3.15. The van der Waals surface area contributed by atoms with E-state index in [1.807, 2.05) is 0 Å². The van der Waals surface area contributed by atoms with Gasteiger partial charge in [-0.3, -0.25) is 9.69 Å². The average molecular weight is 281 g/mol. The maximum Gasteiger partial charge on any atom is 0.401 e. The minimum Gasteiger partial charge on any atom is -0.480 e. The van der Waals surface area contributed by atoms with Gasteiger partial charge in [0, 0.05) is 6.04 Å². The molecule has 1 rings (SSSR count). The van der Waals surface area contributed by atoms with Gasteiger partial charge in [-0.15, -0.1) is 0 Å². The second-order valence-electron chi connectivity index (χ2n) is 5.74. The van der Waals surface area contributed by atoms with Crippen LogP contribution in [0.2, 0.25) is 0 Å². The number of hydrogen-bond acceptors (Lipinski definition) is 2. The molecule has 3 nitrogen and oxygen atoms in total. The van der Waals surface area contributed by atoms with E-state index in [9.17, 15) is 18.0 Å². The molecule has 2 atom stereocenters. The van der Waals surface area contributed by atoms with Gasteiger partial charge in [0.25, 0.3) is 0 Å². The standard InChI is InChI=1S/C13H22F3NO2/c1-9(2)10-4-3-5-11(6-10)17(7-12(18)19)8-13(14,15)16/h9-11H,3-8H2,1-2H3,(H,18,19). The highest BCUT2D eigenvalue weighted by atomic mass is 19.4. The van der Waals surface area contributed by atoms with Gasteiger partial charge in [-0.2, -0.15) is 13.2 Å². The maximum atomic E-state index is 12.5. The largest absolute Gasteiger partial charge is 0.480 e. The highest BCUT2D eigenvalue weighted by Crippen LogP contribution is 2.33. The van der Waals surface area contributed by atoms with Gasteiger partial charge in [0.2, 0.25) is 0 Å². The molecule has 1 saturated carbocycles. The number of nitrogens with zero attached hydrogens (tertiary/aromatic N) is 1. The SMILES string of the molecule is CC(C)C1CCCC(N(CC(=O)O)CC(F)(F)F)C1. The summed E-state index contributed by atoms with van der Waals surface area (Å²) in [5.74, 6) is -0.375. The number of alkyl halides is 3. The minimum absolute atomic E-state index is 0.265. The van der Waals surface area contributed by atoms with E-state index in [2.05, 4.69) is 13.8 Å². The quantitative estimate of drug-likeness (QED) is 0.841. The Labute approximate surface area is 111 Å². The fraction of sp³-hybridized carbons (Fsp3) is 0.923. The lowest BCUT2D eigenvalue weighted by atomic mass is 9.79. The normalized spacial score (nSPS) is 25.0. The van der Waals surface area contributed by atoms with E-state index in [0.717, 1.165) is 17.7 Å². The molecular formula is C13H22F3NO2. The van der Waals surface area contributed by atoms with Crippen LogP contribution in [0.5, 0.6) is 0 Å². The third kappa shape index (κ3) is 5.80. The summed E-state index contributed by atoms with van der Waals surface area (Å²) in [7, 11) is 0. The van der Waals surface area contributed by atoms with E-state index in [0.29, 0.717) is 24.7 Å². The summed E-state index contributed by atoms with van der Waals surface area (Å²) in [5, 5.41) is 8.78. The van der Waals surface area contributed by atoms with Crippen molar-refractivity contribution in [2.24, 2.45) is 11.8 Å². The van der Waals surface area contributed by atoms with Crippen molar-refractivity contribution in [1.29, 1.82) is 0 Å². The molecule has 1 aliphatic rings. The summed E-state index contributed by atoms with van der Waals surface area (Å²) in [6.45, 7) is 2.47.